The van der Waals surface area contributed by atoms with Crippen molar-refractivity contribution in [1.82, 2.24) is 5.43 Å². The maximum absolute atomic E-state index is 12.2. The first-order chi connectivity index (χ1) is 13.1. The van der Waals surface area contributed by atoms with E-state index in [2.05, 4.69) is 15.8 Å². The van der Waals surface area contributed by atoms with Crippen molar-refractivity contribution in [2.75, 3.05) is 5.32 Å². The Labute approximate surface area is 158 Å². The van der Waals surface area contributed by atoms with E-state index in [9.17, 15) is 9.59 Å². The highest BCUT2D eigenvalue weighted by Gasteiger charge is 2.08. The van der Waals surface area contributed by atoms with Crippen molar-refractivity contribution in [3.8, 4) is 0 Å². The Morgan fingerprint density at radius 1 is 0.889 bits per heavy atom. The fraction of sp³-hybridized carbons (Fsp3) is 0.136. The maximum Gasteiger partial charge on any atom is 0.240 e. The van der Waals surface area contributed by atoms with E-state index in [1.807, 2.05) is 73.7 Å². The first-order valence-electron chi connectivity index (χ1n) is 8.78. The highest BCUT2D eigenvalue weighted by atomic mass is 16.2. The number of hydrazone groups is 1. The predicted molar refractivity (Wildman–Crippen MR) is 109 cm³/mol. The zero-order chi connectivity index (χ0) is 19.1. The van der Waals surface area contributed by atoms with Crippen molar-refractivity contribution >= 4 is 34.5 Å². The van der Waals surface area contributed by atoms with Crippen molar-refractivity contribution in [3.63, 3.8) is 0 Å². The summed E-state index contributed by atoms with van der Waals surface area (Å²) in [5.74, 6) is -0.504. The van der Waals surface area contributed by atoms with Gasteiger partial charge < -0.3 is 5.32 Å². The van der Waals surface area contributed by atoms with Crippen LogP contribution in [0, 0.1) is 6.92 Å². The third-order valence-corrected chi connectivity index (χ3v) is 4.12. The normalized spacial score (nSPS) is 10.9. The van der Waals surface area contributed by atoms with Crippen LogP contribution in [0.3, 0.4) is 0 Å². The van der Waals surface area contributed by atoms with Gasteiger partial charge in [-0.2, -0.15) is 5.10 Å². The van der Waals surface area contributed by atoms with Gasteiger partial charge in [0, 0.05) is 23.9 Å². The fourth-order valence-corrected chi connectivity index (χ4v) is 2.66. The molecule has 0 radical (unpaired) electrons. The summed E-state index contributed by atoms with van der Waals surface area (Å²) in [4.78, 5) is 24.0. The molecule has 0 aliphatic rings. The average molecular weight is 359 g/mol. The number of anilines is 1. The smallest absolute Gasteiger partial charge is 0.240 e. The van der Waals surface area contributed by atoms with Crippen LogP contribution in [0.1, 0.15) is 24.0 Å². The number of rotatable bonds is 6. The largest absolute Gasteiger partial charge is 0.326 e. The van der Waals surface area contributed by atoms with Gasteiger partial charge in [-0.25, -0.2) is 5.43 Å². The molecule has 0 aromatic heterocycles. The van der Waals surface area contributed by atoms with Crippen LogP contribution in [-0.2, 0) is 9.59 Å². The van der Waals surface area contributed by atoms with Crippen molar-refractivity contribution in [3.05, 3.63) is 77.9 Å². The SMILES string of the molecule is Cc1ccc(C=NNC(=O)CCC(=O)Nc2cccc3ccccc23)cc1. The molecule has 2 N–H and O–H groups in total. The number of hydrogen-bond acceptors (Lipinski definition) is 3. The molecule has 0 atom stereocenters. The van der Waals surface area contributed by atoms with Crippen LogP contribution in [0.2, 0.25) is 0 Å². The number of aryl methyl sites for hydroxylation is 1. The van der Waals surface area contributed by atoms with Gasteiger partial charge >= 0.3 is 0 Å². The van der Waals surface area contributed by atoms with Crippen LogP contribution in [0.5, 0.6) is 0 Å². The Bertz CT molecular complexity index is 973. The van der Waals surface area contributed by atoms with Gasteiger partial charge in [-0.3, -0.25) is 9.59 Å². The van der Waals surface area contributed by atoms with E-state index in [1.54, 1.807) is 6.21 Å². The molecule has 0 aliphatic heterocycles. The Morgan fingerprint density at radius 2 is 1.59 bits per heavy atom. The molecule has 0 fully saturated rings. The van der Waals surface area contributed by atoms with E-state index in [0.29, 0.717) is 0 Å². The van der Waals surface area contributed by atoms with Gasteiger partial charge in [0.2, 0.25) is 11.8 Å². The van der Waals surface area contributed by atoms with Gasteiger partial charge in [0.1, 0.15) is 0 Å². The average Bonchev–Trinajstić information content (AvgIpc) is 2.68. The molecule has 0 bridgehead atoms. The van der Waals surface area contributed by atoms with Gasteiger partial charge in [0.25, 0.3) is 0 Å². The lowest BCUT2D eigenvalue weighted by Crippen LogP contribution is -2.20. The number of benzene rings is 3. The number of carbonyl (C=O) groups excluding carboxylic acids is 2. The topological polar surface area (TPSA) is 70.6 Å². The summed E-state index contributed by atoms with van der Waals surface area (Å²) in [5, 5.41) is 8.81. The lowest BCUT2D eigenvalue weighted by Gasteiger charge is -2.08. The first-order valence-corrected chi connectivity index (χ1v) is 8.78. The summed E-state index contributed by atoms with van der Waals surface area (Å²) in [5.41, 5.74) is 5.25. The standard InChI is InChI=1S/C22H21N3O2/c1-16-9-11-17(12-10-16)15-23-25-22(27)14-13-21(26)24-20-8-4-6-18-5-2-3-7-19(18)20/h2-12,15H,13-14H2,1H3,(H,24,26)(H,25,27). The lowest BCUT2D eigenvalue weighted by atomic mass is 10.1. The van der Waals surface area contributed by atoms with E-state index in [4.69, 9.17) is 0 Å². The molecule has 2 amide bonds. The molecular formula is C22H21N3O2. The van der Waals surface area contributed by atoms with Crippen LogP contribution in [0.25, 0.3) is 10.8 Å². The second-order valence-electron chi connectivity index (χ2n) is 6.28. The maximum atomic E-state index is 12.2. The van der Waals surface area contributed by atoms with Crippen molar-refractivity contribution in [2.45, 2.75) is 19.8 Å². The van der Waals surface area contributed by atoms with Crippen LogP contribution < -0.4 is 10.7 Å². The second-order valence-corrected chi connectivity index (χ2v) is 6.28. The van der Waals surface area contributed by atoms with Crippen molar-refractivity contribution < 1.29 is 9.59 Å². The molecule has 3 rings (SSSR count). The summed E-state index contributed by atoms with van der Waals surface area (Å²) in [6, 6.07) is 21.3. The van der Waals surface area contributed by atoms with Gasteiger partial charge in [-0.15, -0.1) is 0 Å². The molecule has 3 aromatic rings. The number of amides is 2. The summed E-state index contributed by atoms with van der Waals surface area (Å²) in [7, 11) is 0. The number of nitrogens with one attached hydrogen (secondary N) is 2. The molecule has 3 aromatic carbocycles. The Hall–Kier alpha value is -3.47. The van der Waals surface area contributed by atoms with Crippen LogP contribution in [-0.4, -0.2) is 18.0 Å². The summed E-state index contributed by atoms with van der Waals surface area (Å²) >= 11 is 0. The van der Waals surface area contributed by atoms with E-state index in [0.717, 1.165) is 27.6 Å². The quantitative estimate of drug-likeness (QED) is 0.515. The van der Waals surface area contributed by atoms with E-state index in [-0.39, 0.29) is 24.7 Å². The number of carbonyl (C=O) groups is 2. The predicted octanol–water partition coefficient (Wildman–Crippen LogP) is 4.02. The number of fused-ring (bicyclic) bond motifs is 1. The minimum Gasteiger partial charge on any atom is -0.326 e. The fourth-order valence-electron chi connectivity index (χ4n) is 2.66. The molecular weight excluding hydrogens is 338 g/mol. The van der Waals surface area contributed by atoms with Crippen LogP contribution in [0.15, 0.2) is 71.8 Å². The molecule has 0 saturated heterocycles. The summed E-state index contributed by atoms with van der Waals surface area (Å²) < 4.78 is 0. The molecule has 27 heavy (non-hydrogen) atoms. The van der Waals surface area contributed by atoms with Gasteiger partial charge in [0.05, 0.1) is 6.21 Å². The van der Waals surface area contributed by atoms with Crippen LogP contribution >= 0.6 is 0 Å². The number of hydrogen-bond donors (Lipinski definition) is 2. The summed E-state index contributed by atoms with van der Waals surface area (Å²) in [6.07, 6.45) is 1.74. The molecule has 136 valence electrons. The van der Waals surface area contributed by atoms with Gasteiger partial charge in [-0.1, -0.05) is 66.2 Å². The minimum atomic E-state index is -0.300. The molecule has 0 spiro atoms. The molecule has 0 saturated carbocycles. The molecule has 0 unspecified atom stereocenters. The van der Waals surface area contributed by atoms with E-state index < -0.39 is 0 Å². The summed E-state index contributed by atoms with van der Waals surface area (Å²) in [6.45, 7) is 2.01. The first kappa shape index (κ1) is 18.3. The zero-order valence-electron chi connectivity index (χ0n) is 15.1. The molecule has 0 heterocycles. The van der Waals surface area contributed by atoms with Crippen molar-refractivity contribution in [2.24, 2.45) is 5.10 Å². The Kier molecular flexibility index (Phi) is 5.94. The van der Waals surface area contributed by atoms with Crippen LogP contribution in [0.4, 0.5) is 5.69 Å². The van der Waals surface area contributed by atoms with Crippen molar-refractivity contribution in [1.29, 1.82) is 0 Å². The third-order valence-electron chi connectivity index (χ3n) is 4.12. The molecule has 5 heteroatoms. The number of nitrogens with zero attached hydrogens (tertiary/aromatic N) is 1. The highest BCUT2D eigenvalue weighted by molar-refractivity contribution is 6.02. The van der Waals surface area contributed by atoms with E-state index >= 15 is 0 Å². The van der Waals surface area contributed by atoms with E-state index in [1.165, 1.54) is 0 Å². The zero-order valence-corrected chi connectivity index (χ0v) is 15.1. The monoisotopic (exact) mass is 359 g/mol. The van der Waals surface area contributed by atoms with Gasteiger partial charge in [-0.05, 0) is 23.9 Å². The Balaban J connectivity index is 1.48. The minimum absolute atomic E-state index is 0.0713. The van der Waals surface area contributed by atoms with Gasteiger partial charge in [0.15, 0.2) is 0 Å². The third kappa shape index (κ3) is 5.25. The Morgan fingerprint density at radius 3 is 2.41 bits per heavy atom. The lowest BCUT2D eigenvalue weighted by molar-refractivity contribution is -0.124. The second kappa shape index (κ2) is 8.76. The molecule has 5 nitrogen and oxygen atoms in total. The highest BCUT2D eigenvalue weighted by Crippen LogP contribution is 2.23. The molecule has 0 aliphatic carbocycles.